The van der Waals surface area contributed by atoms with Crippen molar-refractivity contribution in [3.63, 3.8) is 0 Å². The number of benzene rings is 4. The first-order chi connectivity index (χ1) is 19.2. The molecule has 6 nitrogen and oxygen atoms in total. The number of nitrogens with two attached hydrogens (primary N) is 2. The van der Waals surface area contributed by atoms with Crippen LogP contribution >= 0.6 is 46.4 Å². The monoisotopic (exact) mass is 604 g/mol. The van der Waals surface area contributed by atoms with Crippen LogP contribution in [0.15, 0.2) is 83.6 Å². The van der Waals surface area contributed by atoms with Gasteiger partial charge in [0.2, 0.25) is 11.8 Å². The Morgan fingerprint density at radius 3 is 1.30 bits per heavy atom. The molecule has 6 rings (SSSR count). The highest BCUT2D eigenvalue weighted by molar-refractivity contribution is 6.35. The highest BCUT2D eigenvalue weighted by Crippen LogP contribution is 2.52. The summed E-state index contributed by atoms with van der Waals surface area (Å²) in [6.07, 6.45) is 0. The summed E-state index contributed by atoms with van der Waals surface area (Å²) >= 11 is 25.4. The van der Waals surface area contributed by atoms with Crippen LogP contribution < -0.4 is 20.9 Å². The quantitative estimate of drug-likeness (QED) is 0.240. The summed E-state index contributed by atoms with van der Waals surface area (Å²) in [7, 11) is 0. The summed E-state index contributed by atoms with van der Waals surface area (Å²) < 4.78 is 12.1. The molecule has 0 bridgehead atoms. The molecule has 2 heterocycles. The summed E-state index contributed by atoms with van der Waals surface area (Å²) in [5, 5.41) is 23.0. The van der Waals surface area contributed by atoms with Gasteiger partial charge in [-0.1, -0.05) is 82.8 Å². The molecule has 4 aromatic carbocycles. The predicted octanol–water partition coefficient (Wildman–Crippen LogP) is 7.89. The standard InChI is InChI=1S/C30H16Cl4N4O2/c31-13-1-3-17(23(33)9-13)25-19-7-5-16-15(27(19)39-29(37)21(25)11-35)6-8-20-26(18-4-2-14(32)10-24(18)34)22(12-36)30(38)40-28(16)20/h1-10,25-26H,37-38H2. The number of ether oxygens (including phenoxy) is 2. The molecular weight excluding hydrogens is 590 g/mol. The molecule has 0 saturated heterocycles. The van der Waals surface area contributed by atoms with E-state index in [1.54, 1.807) is 36.4 Å². The van der Waals surface area contributed by atoms with Crippen LogP contribution in [0.1, 0.15) is 34.1 Å². The lowest BCUT2D eigenvalue weighted by Gasteiger charge is -2.30. The molecule has 2 atom stereocenters. The Labute approximate surface area is 249 Å². The van der Waals surface area contributed by atoms with E-state index in [0.29, 0.717) is 64.6 Å². The number of fused-ring (bicyclic) bond motifs is 5. The van der Waals surface area contributed by atoms with Gasteiger partial charge in [-0.2, -0.15) is 10.5 Å². The Kier molecular flexibility index (Phi) is 6.45. The van der Waals surface area contributed by atoms with Gasteiger partial charge in [0.1, 0.15) is 34.8 Å². The number of halogens is 4. The average molecular weight is 606 g/mol. The molecule has 40 heavy (non-hydrogen) atoms. The summed E-state index contributed by atoms with van der Waals surface area (Å²) in [5.74, 6) is -0.341. The summed E-state index contributed by atoms with van der Waals surface area (Å²) in [6.45, 7) is 0. The van der Waals surface area contributed by atoms with Crippen LogP contribution in [0.4, 0.5) is 0 Å². The van der Waals surface area contributed by atoms with Gasteiger partial charge < -0.3 is 20.9 Å². The SMILES string of the molecule is N#CC1=C(N)Oc2c(ccc3c4c(ccc23)C(c2ccc(Cl)cc2Cl)C(C#N)=C(N)O4)C1c1ccc(Cl)cc1Cl. The number of hydrogen-bond donors (Lipinski definition) is 2. The molecular formula is C30H16Cl4N4O2. The summed E-state index contributed by atoms with van der Waals surface area (Å²) in [6, 6.07) is 21.9. The molecule has 0 amide bonds. The van der Waals surface area contributed by atoms with Crippen LogP contribution in [-0.4, -0.2) is 0 Å². The van der Waals surface area contributed by atoms with Crippen molar-refractivity contribution in [1.29, 1.82) is 10.5 Å². The van der Waals surface area contributed by atoms with Crippen LogP contribution in [-0.2, 0) is 0 Å². The van der Waals surface area contributed by atoms with Gasteiger partial charge in [0.15, 0.2) is 0 Å². The third-order valence-corrected chi connectivity index (χ3v) is 8.23. The number of nitriles is 2. The van der Waals surface area contributed by atoms with Gasteiger partial charge in [-0.05, 0) is 35.4 Å². The van der Waals surface area contributed by atoms with E-state index in [4.69, 9.17) is 67.3 Å². The minimum atomic E-state index is -0.587. The van der Waals surface area contributed by atoms with Crippen molar-refractivity contribution in [1.82, 2.24) is 0 Å². The van der Waals surface area contributed by atoms with E-state index in [1.807, 2.05) is 24.3 Å². The zero-order valence-electron chi connectivity index (χ0n) is 20.3. The first kappa shape index (κ1) is 26.2. The highest BCUT2D eigenvalue weighted by Gasteiger charge is 2.36. The first-order valence-corrected chi connectivity index (χ1v) is 13.4. The normalized spacial score (nSPS) is 17.9. The average Bonchev–Trinajstić information content (AvgIpc) is 2.92. The molecule has 2 aliphatic rings. The minimum absolute atomic E-state index is 0.0332. The maximum atomic E-state index is 9.97. The fourth-order valence-corrected chi connectivity index (χ4v) is 6.38. The van der Waals surface area contributed by atoms with Crippen molar-refractivity contribution in [3.8, 4) is 23.6 Å². The van der Waals surface area contributed by atoms with E-state index in [2.05, 4.69) is 12.1 Å². The van der Waals surface area contributed by atoms with Crippen molar-refractivity contribution in [2.45, 2.75) is 11.8 Å². The van der Waals surface area contributed by atoms with Crippen molar-refractivity contribution in [2.24, 2.45) is 11.5 Å². The largest absolute Gasteiger partial charge is 0.440 e. The predicted molar refractivity (Wildman–Crippen MR) is 155 cm³/mol. The van der Waals surface area contributed by atoms with Crippen LogP contribution in [0, 0.1) is 22.7 Å². The van der Waals surface area contributed by atoms with Gasteiger partial charge in [0.25, 0.3) is 0 Å². The second-order valence-corrected chi connectivity index (χ2v) is 10.9. The van der Waals surface area contributed by atoms with Crippen LogP contribution in [0.5, 0.6) is 11.5 Å². The van der Waals surface area contributed by atoms with Crippen molar-refractivity contribution < 1.29 is 9.47 Å². The van der Waals surface area contributed by atoms with Gasteiger partial charge in [-0.3, -0.25) is 0 Å². The van der Waals surface area contributed by atoms with E-state index in [9.17, 15) is 10.5 Å². The Balaban J connectivity index is 1.59. The second-order valence-electron chi connectivity index (χ2n) is 9.24. The maximum Gasteiger partial charge on any atom is 0.205 e. The zero-order valence-corrected chi connectivity index (χ0v) is 23.3. The topological polar surface area (TPSA) is 118 Å². The van der Waals surface area contributed by atoms with Crippen LogP contribution in [0.2, 0.25) is 20.1 Å². The lowest BCUT2D eigenvalue weighted by atomic mass is 9.80. The molecule has 4 aromatic rings. The van der Waals surface area contributed by atoms with E-state index in [-0.39, 0.29) is 22.9 Å². The lowest BCUT2D eigenvalue weighted by molar-refractivity contribution is 0.393. The third kappa shape index (κ3) is 4.01. The van der Waals surface area contributed by atoms with E-state index in [1.165, 1.54) is 0 Å². The van der Waals surface area contributed by atoms with Crippen molar-refractivity contribution in [2.75, 3.05) is 0 Å². The fraction of sp³-hybridized carbons (Fsp3) is 0.0667. The molecule has 196 valence electrons. The van der Waals surface area contributed by atoms with Gasteiger partial charge in [-0.15, -0.1) is 0 Å². The molecule has 0 aromatic heterocycles. The van der Waals surface area contributed by atoms with Crippen LogP contribution in [0.25, 0.3) is 10.8 Å². The second kappa shape index (κ2) is 9.86. The molecule has 0 aliphatic carbocycles. The molecule has 2 aliphatic heterocycles. The molecule has 0 saturated carbocycles. The lowest BCUT2D eigenvalue weighted by Crippen LogP contribution is -2.23. The van der Waals surface area contributed by atoms with Crippen molar-refractivity contribution in [3.05, 3.63) is 126 Å². The van der Waals surface area contributed by atoms with E-state index < -0.39 is 11.8 Å². The number of hydrogen-bond acceptors (Lipinski definition) is 6. The first-order valence-electron chi connectivity index (χ1n) is 11.9. The van der Waals surface area contributed by atoms with E-state index >= 15 is 0 Å². The smallest absolute Gasteiger partial charge is 0.205 e. The molecule has 0 fully saturated rings. The minimum Gasteiger partial charge on any atom is -0.440 e. The Hall–Kier alpha value is -4.04. The third-order valence-electron chi connectivity index (χ3n) is 7.11. The molecule has 4 N–H and O–H groups in total. The molecule has 0 spiro atoms. The Morgan fingerprint density at radius 2 is 0.950 bits per heavy atom. The van der Waals surface area contributed by atoms with Gasteiger partial charge in [0, 0.05) is 42.0 Å². The van der Waals surface area contributed by atoms with Crippen LogP contribution in [0.3, 0.4) is 0 Å². The van der Waals surface area contributed by atoms with E-state index in [0.717, 1.165) is 0 Å². The molecule has 0 radical (unpaired) electrons. The number of rotatable bonds is 2. The van der Waals surface area contributed by atoms with Gasteiger partial charge >= 0.3 is 0 Å². The zero-order chi connectivity index (χ0) is 28.3. The highest BCUT2D eigenvalue weighted by atomic mass is 35.5. The Bertz CT molecular complexity index is 1780. The Morgan fingerprint density at radius 1 is 0.575 bits per heavy atom. The molecule has 10 heteroatoms. The van der Waals surface area contributed by atoms with Gasteiger partial charge in [-0.25, -0.2) is 0 Å². The summed E-state index contributed by atoms with van der Waals surface area (Å²) in [4.78, 5) is 0. The number of allylic oxidation sites excluding steroid dienone is 2. The van der Waals surface area contributed by atoms with Gasteiger partial charge in [0.05, 0.1) is 11.8 Å². The van der Waals surface area contributed by atoms with Crippen molar-refractivity contribution >= 4 is 57.2 Å². The summed E-state index contributed by atoms with van der Waals surface area (Å²) in [5.41, 5.74) is 15.7. The molecule has 2 unspecified atom stereocenters. The number of nitrogens with zero attached hydrogens (tertiary/aromatic N) is 2. The maximum absolute atomic E-state index is 9.97. The fourth-order valence-electron chi connectivity index (χ4n) is 5.35.